The van der Waals surface area contributed by atoms with E-state index in [-0.39, 0.29) is 36.3 Å². The summed E-state index contributed by atoms with van der Waals surface area (Å²) in [7, 11) is 0. The number of rotatable bonds is 7. The Morgan fingerprint density at radius 2 is 1.87 bits per heavy atom. The number of nitrogens with one attached hydrogen (secondary N) is 1. The summed E-state index contributed by atoms with van der Waals surface area (Å²) in [6, 6.07) is 13.2. The lowest BCUT2D eigenvalue weighted by Crippen LogP contribution is -2.48. The first kappa shape index (κ1) is 26.9. The van der Waals surface area contributed by atoms with Gasteiger partial charge in [-0.15, -0.1) is 0 Å². The lowest BCUT2D eigenvalue weighted by molar-refractivity contribution is -0.122. The molecule has 2 aromatic carbocycles. The lowest BCUT2D eigenvalue weighted by Gasteiger charge is -2.42. The van der Waals surface area contributed by atoms with Crippen LogP contribution in [0.1, 0.15) is 52.0 Å². The number of morpholine rings is 1. The van der Waals surface area contributed by atoms with Crippen molar-refractivity contribution in [3.05, 3.63) is 63.4 Å². The number of ether oxygens (including phenoxy) is 1. The zero-order chi connectivity index (χ0) is 27.0. The van der Waals surface area contributed by atoms with Crippen molar-refractivity contribution in [3.8, 4) is 11.4 Å². The number of aromatic nitrogens is 2. The number of amides is 1. The fourth-order valence-corrected chi connectivity index (χ4v) is 6.14. The third-order valence-electron chi connectivity index (χ3n) is 7.53. The highest BCUT2D eigenvalue weighted by molar-refractivity contribution is 6.30. The van der Waals surface area contributed by atoms with Gasteiger partial charge in [0.2, 0.25) is 5.91 Å². The summed E-state index contributed by atoms with van der Waals surface area (Å²) < 4.78 is 7.35. The fourth-order valence-electron chi connectivity index (χ4n) is 5.95. The van der Waals surface area contributed by atoms with Crippen molar-refractivity contribution in [3.63, 3.8) is 0 Å². The second-order valence-corrected chi connectivity index (χ2v) is 11.8. The Bertz CT molecular complexity index is 1370. The highest BCUT2D eigenvalue weighted by Gasteiger charge is 2.33. The van der Waals surface area contributed by atoms with Gasteiger partial charge in [-0.1, -0.05) is 29.8 Å². The minimum Gasteiger partial charge on any atom is -0.373 e. The van der Waals surface area contributed by atoms with E-state index in [0.29, 0.717) is 39.1 Å². The van der Waals surface area contributed by atoms with Crippen LogP contribution in [-0.2, 0) is 16.1 Å². The van der Waals surface area contributed by atoms with Gasteiger partial charge in [0.1, 0.15) is 12.4 Å². The van der Waals surface area contributed by atoms with Crippen LogP contribution in [-0.4, -0.2) is 58.2 Å². The van der Waals surface area contributed by atoms with Crippen molar-refractivity contribution in [1.29, 1.82) is 0 Å². The number of nitrogens with zero attached hydrogens (tertiary/aromatic N) is 3. The first-order chi connectivity index (χ1) is 18.2. The largest absolute Gasteiger partial charge is 0.373 e. The van der Waals surface area contributed by atoms with Crippen LogP contribution < -0.4 is 10.9 Å². The van der Waals surface area contributed by atoms with Crippen LogP contribution in [0.2, 0.25) is 5.02 Å². The van der Waals surface area contributed by atoms with Gasteiger partial charge >= 0.3 is 0 Å². The van der Waals surface area contributed by atoms with Crippen LogP contribution in [0.3, 0.4) is 0 Å². The normalized spacial score (nSPS) is 23.9. The molecular weight excluding hydrogens is 500 g/mol. The summed E-state index contributed by atoms with van der Waals surface area (Å²) in [5, 5.41) is 3.98. The number of hydrogen-bond donors (Lipinski definition) is 1. The van der Waals surface area contributed by atoms with Gasteiger partial charge in [-0.3, -0.25) is 19.1 Å². The second-order valence-electron chi connectivity index (χ2n) is 11.3. The van der Waals surface area contributed by atoms with Crippen molar-refractivity contribution in [2.45, 2.75) is 71.2 Å². The molecule has 202 valence electrons. The van der Waals surface area contributed by atoms with E-state index in [1.54, 1.807) is 12.1 Å². The number of halogens is 1. The monoisotopic (exact) mass is 536 g/mol. The van der Waals surface area contributed by atoms with E-state index in [2.05, 4.69) is 30.1 Å². The molecule has 1 aliphatic heterocycles. The summed E-state index contributed by atoms with van der Waals surface area (Å²) in [4.78, 5) is 33.9. The van der Waals surface area contributed by atoms with Gasteiger partial charge in [-0.05, 0) is 82.2 Å². The van der Waals surface area contributed by atoms with Gasteiger partial charge in [0, 0.05) is 36.3 Å². The molecule has 3 aromatic rings. The minimum atomic E-state index is -0.226. The molecule has 0 spiro atoms. The van der Waals surface area contributed by atoms with Gasteiger partial charge in [-0.2, -0.15) is 0 Å². The summed E-state index contributed by atoms with van der Waals surface area (Å²) in [5.74, 6) is 1.31. The number of carbonyl (C=O) groups is 1. The van der Waals surface area contributed by atoms with Crippen LogP contribution in [0.4, 0.5) is 0 Å². The third-order valence-corrected chi connectivity index (χ3v) is 7.77. The Morgan fingerprint density at radius 1 is 1.13 bits per heavy atom. The SMILES string of the molecule is CC(C)NC(=O)Cn1c(-c2cccc(Cl)c2)nc2ccc([C@H]3C[C@@H](CN4C[C@@H](C)O[C@@H](C)C4)C3)cc2c1=O. The van der Waals surface area contributed by atoms with Gasteiger partial charge in [-0.25, -0.2) is 4.98 Å². The predicted molar refractivity (Wildman–Crippen MR) is 152 cm³/mol. The molecule has 1 saturated carbocycles. The smallest absolute Gasteiger partial charge is 0.262 e. The van der Waals surface area contributed by atoms with Gasteiger partial charge in [0.05, 0.1) is 23.1 Å². The first-order valence-corrected chi connectivity index (χ1v) is 14.0. The molecule has 7 nitrogen and oxygen atoms in total. The van der Waals surface area contributed by atoms with Crippen LogP contribution in [0.15, 0.2) is 47.3 Å². The maximum absolute atomic E-state index is 13.8. The Balaban J connectivity index is 1.40. The molecule has 1 N–H and O–H groups in total. The van der Waals surface area contributed by atoms with Crippen LogP contribution in [0, 0.1) is 5.92 Å². The van der Waals surface area contributed by atoms with E-state index in [4.69, 9.17) is 21.3 Å². The molecular formula is C30H37ClN4O3. The molecule has 5 rings (SSSR count). The summed E-state index contributed by atoms with van der Waals surface area (Å²) >= 11 is 6.24. The second kappa shape index (κ2) is 11.2. The highest BCUT2D eigenvalue weighted by Crippen LogP contribution is 2.42. The van der Waals surface area contributed by atoms with E-state index in [1.165, 1.54) is 10.1 Å². The van der Waals surface area contributed by atoms with E-state index >= 15 is 0 Å². The van der Waals surface area contributed by atoms with E-state index in [0.717, 1.165) is 32.5 Å². The number of benzene rings is 2. The molecule has 1 saturated heterocycles. The van der Waals surface area contributed by atoms with E-state index in [1.807, 2.05) is 38.1 Å². The zero-order valence-corrected chi connectivity index (χ0v) is 23.4. The molecule has 2 aliphatic rings. The number of carbonyl (C=O) groups excluding carboxylic acids is 1. The predicted octanol–water partition coefficient (Wildman–Crippen LogP) is 4.84. The molecule has 1 amide bonds. The minimum absolute atomic E-state index is 0.0247. The van der Waals surface area contributed by atoms with Gasteiger partial charge in [0.25, 0.3) is 5.56 Å². The van der Waals surface area contributed by atoms with Crippen molar-refractivity contribution in [2.24, 2.45) is 5.92 Å². The Morgan fingerprint density at radius 3 is 2.55 bits per heavy atom. The lowest BCUT2D eigenvalue weighted by atomic mass is 9.71. The average molecular weight is 537 g/mol. The summed E-state index contributed by atoms with van der Waals surface area (Å²) in [5.41, 5.74) is 2.29. The van der Waals surface area contributed by atoms with Crippen LogP contribution in [0.5, 0.6) is 0 Å². The van der Waals surface area contributed by atoms with Crippen molar-refractivity contribution in [2.75, 3.05) is 19.6 Å². The third kappa shape index (κ3) is 5.95. The Kier molecular flexibility index (Phi) is 7.89. The Hall–Kier alpha value is -2.74. The van der Waals surface area contributed by atoms with Crippen molar-refractivity contribution in [1.82, 2.24) is 19.8 Å². The molecule has 1 aliphatic carbocycles. The maximum atomic E-state index is 13.8. The highest BCUT2D eigenvalue weighted by atomic mass is 35.5. The standard InChI is InChI=1S/C30H37ClN4O3/c1-18(2)32-28(36)17-35-29(23-6-5-7-25(31)12-23)33-27-9-8-22(13-26(27)30(35)37)24-10-21(11-24)16-34-14-19(3)38-20(4)15-34/h5-9,12-13,18-21,24H,10-11,14-17H2,1-4H3,(H,32,36)/t19-,20+,21-,24+. The number of fused-ring (bicyclic) bond motifs is 1. The van der Waals surface area contributed by atoms with Gasteiger partial charge in [0.15, 0.2) is 0 Å². The van der Waals surface area contributed by atoms with E-state index < -0.39 is 0 Å². The quantitative estimate of drug-likeness (QED) is 0.467. The van der Waals surface area contributed by atoms with Crippen molar-refractivity contribution < 1.29 is 9.53 Å². The molecule has 2 heterocycles. The number of hydrogen-bond acceptors (Lipinski definition) is 5. The fraction of sp³-hybridized carbons (Fsp3) is 0.500. The maximum Gasteiger partial charge on any atom is 0.262 e. The Labute approximate surface area is 229 Å². The molecule has 0 bridgehead atoms. The molecule has 2 fully saturated rings. The zero-order valence-electron chi connectivity index (χ0n) is 22.6. The molecule has 1 aromatic heterocycles. The molecule has 38 heavy (non-hydrogen) atoms. The molecule has 2 atom stereocenters. The molecule has 0 unspecified atom stereocenters. The van der Waals surface area contributed by atoms with Crippen molar-refractivity contribution >= 4 is 28.4 Å². The summed E-state index contributed by atoms with van der Waals surface area (Å²) in [6.45, 7) is 11.1. The average Bonchev–Trinajstić information content (AvgIpc) is 2.81. The topological polar surface area (TPSA) is 76.5 Å². The van der Waals surface area contributed by atoms with Crippen LogP contribution in [0.25, 0.3) is 22.3 Å². The van der Waals surface area contributed by atoms with E-state index in [9.17, 15) is 9.59 Å². The van der Waals surface area contributed by atoms with Crippen LogP contribution >= 0.6 is 11.6 Å². The first-order valence-electron chi connectivity index (χ1n) is 13.6. The molecule has 0 radical (unpaired) electrons. The summed E-state index contributed by atoms with van der Waals surface area (Å²) in [6.07, 6.45) is 2.79. The molecule has 8 heteroatoms. The van der Waals surface area contributed by atoms with Gasteiger partial charge < -0.3 is 10.1 Å².